The first-order valence-corrected chi connectivity index (χ1v) is 7.02. The van der Waals surface area contributed by atoms with Crippen LogP contribution in [0.5, 0.6) is 0 Å². The van der Waals surface area contributed by atoms with Gasteiger partial charge in [-0.05, 0) is 45.2 Å². The van der Waals surface area contributed by atoms with Gasteiger partial charge in [-0.3, -0.25) is 9.48 Å². The molecule has 2 N–H and O–H groups in total. The maximum atomic E-state index is 11.5. The molecule has 1 unspecified atom stereocenters. The minimum atomic E-state index is -0.793. The van der Waals surface area contributed by atoms with E-state index in [4.69, 9.17) is 0 Å². The summed E-state index contributed by atoms with van der Waals surface area (Å²) in [5.74, 6) is -0.750. The number of carbonyl (C=O) groups is 1. The Labute approximate surface area is 115 Å². The molecule has 1 aromatic rings. The molecule has 0 aliphatic heterocycles. The minimum absolute atomic E-state index is 0.598. The molecule has 0 spiro atoms. The highest BCUT2D eigenvalue weighted by Gasteiger charge is 2.35. The molecule has 0 saturated heterocycles. The van der Waals surface area contributed by atoms with Crippen LogP contribution in [0.25, 0.3) is 0 Å². The number of carboxylic acids is 1. The van der Waals surface area contributed by atoms with Gasteiger partial charge in [0.15, 0.2) is 0 Å². The third-order valence-electron chi connectivity index (χ3n) is 3.49. The molecule has 1 atom stereocenters. The average molecular weight is 267 g/mol. The highest BCUT2D eigenvalue weighted by Crippen LogP contribution is 2.19. The standard InChI is InChI=1S/C14H25N3O2/c1-4-9-15-14(5-2,13(18)19)8-6-10-17-11-7-12(3)16-17/h7,11,15H,4-6,8-10H2,1-3H3,(H,18,19). The van der Waals surface area contributed by atoms with Crippen molar-refractivity contribution in [3.05, 3.63) is 18.0 Å². The van der Waals surface area contributed by atoms with E-state index in [-0.39, 0.29) is 0 Å². The van der Waals surface area contributed by atoms with Crippen LogP contribution in [0.15, 0.2) is 12.3 Å². The lowest BCUT2D eigenvalue weighted by molar-refractivity contribution is -0.145. The Kier molecular flexibility index (Phi) is 6.02. The van der Waals surface area contributed by atoms with Gasteiger partial charge in [0.1, 0.15) is 5.54 Å². The Bertz CT molecular complexity index is 403. The second-order valence-electron chi connectivity index (χ2n) is 4.99. The van der Waals surface area contributed by atoms with Crippen LogP contribution in [0, 0.1) is 6.92 Å². The van der Waals surface area contributed by atoms with E-state index >= 15 is 0 Å². The summed E-state index contributed by atoms with van der Waals surface area (Å²) in [6.07, 6.45) is 4.90. The number of aromatic nitrogens is 2. The summed E-state index contributed by atoms with van der Waals surface area (Å²) in [6.45, 7) is 7.42. The maximum Gasteiger partial charge on any atom is 0.323 e. The van der Waals surface area contributed by atoms with E-state index < -0.39 is 11.5 Å². The number of nitrogens with zero attached hydrogens (tertiary/aromatic N) is 2. The predicted octanol–water partition coefficient (Wildman–Crippen LogP) is 2.20. The molecule has 0 fully saturated rings. The molecule has 5 nitrogen and oxygen atoms in total. The third-order valence-corrected chi connectivity index (χ3v) is 3.49. The van der Waals surface area contributed by atoms with Gasteiger partial charge in [-0.1, -0.05) is 13.8 Å². The Morgan fingerprint density at radius 1 is 1.53 bits per heavy atom. The van der Waals surface area contributed by atoms with Crippen molar-refractivity contribution in [3.63, 3.8) is 0 Å². The van der Waals surface area contributed by atoms with Gasteiger partial charge in [-0.25, -0.2) is 0 Å². The first-order valence-electron chi connectivity index (χ1n) is 7.02. The predicted molar refractivity (Wildman–Crippen MR) is 75.1 cm³/mol. The van der Waals surface area contributed by atoms with Gasteiger partial charge in [0.2, 0.25) is 0 Å². The fraction of sp³-hybridized carbons (Fsp3) is 0.714. The van der Waals surface area contributed by atoms with E-state index in [9.17, 15) is 9.90 Å². The Morgan fingerprint density at radius 2 is 2.26 bits per heavy atom. The van der Waals surface area contributed by atoms with Crippen LogP contribution < -0.4 is 5.32 Å². The van der Waals surface area contributed by atoms with E-state index in [0.717, 1.165) is 31.6 Å². The first-order chi connectivity index (χ1) is 9.04. The smallest absolute Gasteiger partial charge is 0.323 e. The van der Waals surface area contributed by atoms with Gasteiger partial charge < -0.3 is 10.4 Å². The molecule has 1 heterocycles. The lowest BCUT2D eigenvalue weighted by Crippen LogP contribution is -2.52. The lowest BCUT2D eigenvalue weighted by atomic mass is 9.90. The van der Waals surface area contributed by atoms with E-state index in [2.05, 4.69) is 10.4 Å². The second-order valence-corrected chi connectivity index (χ2v) is 4.99. The van der Waals surface area contributed by atoms with E-state index in [0.29, 0.717) is 12.8 Å². The lowest BCUT2D eigenvalue weighted by Gasteiger charge is -2.29. The van der Waals surface area contributed by atoms with Crippen molar-refractivity contribution in [2.45, 2.75) is 58.5 Å². The van der Waals surface area contributed by atoms with Crippen LogP contribution in [0.1, 0.15) is 45.2 Å². The summed E-state index contributed by atoms with van der Waals surface area (Å²) in [5, 5.41) is 17.0. The van der Waals surface area contributed by atoms with Gasteiger partial charge >= 0.3 is 5.97 Å². The fourth-order valence-electron chi connectivity index (χ4n) is 2.22. The molecule has 0 radical (unpaired) electrons. The summed E-state index contributed by atoms with van der Waals surface area (Å²) < 4.78 is 1.87. The number of aryl methyl sites for hydroxylation is 2. The molecule has 19 heavy (non-hydrogen) atoms. The molecule has 0 bridgehead atoms. The quantitative estimate of drug-likeness (QED) is 0.720. The monoisotopic (exact) mass is 267 g/mol. The van der Waals surface area contributed by atoms with Crippen LogP contribution in [-0.4, -0.2) is 32.9 Å². The normalized spacial score (nSPS) is 14.3. The Morgan fingerprint density at radius 3 is 2.74 bits per heavy atom. The zero-order chi connectivity index (χ0) is 14.3. The summed E-state index contributed by atoms with van der Waals surface area (Å²) in [4.78, 5) is 11.5. The van der Waals surface area contributed by atoms with Gasteiger partial charge in [-0.2, -0.15) is 5.10 Å². The Hall–Kier alpha value is -1.36. The van der Waals surface area contributed by atoms with E-state index in [1.807, 2.05) is 37.7 Å². The van der Waals surface area contributed by atoms with Crippen molar-refractivity contribution < 1.29 is 9.90 Å². The minimum Gasteiger partial charge on any atom is -0.480 e. The van der Waals surface area contributed by atoms with E-state index in [1.54, 1.807) is 0 Å². The SMILES string of the molecule is CCCNC(CC)(CCCn1ccc(C)n1)C(=O)O. The van der Waals surface area contributed by atoms with Crippen LogP contribution in [0.2, 0.25) is 0 Å². The highest BCUT2D eigenvalue weighted by molar-refractivity contribution is 5.78. The summed E-state index contributed by atoms with van der Waals surface area (Å²) in [5.41, 5.74) is 0.196. The Balaban J connectivity index is 2.54. The average Bonchev–Trinajstić information content (AvgIpc) is 2.79. The van der Waals surface area contributed by atoms with Crippen molar-refractivity contribution in [2.75, 3.05) is 6.54 Å². The maximum absolute atomic E-state index is 11.5. The molecule has 0 aromatic carbocycles. The topological polar surface area (TPSA) is 67.2 Å². The number of carboxylic acid groups (broad SMARTS) is 1. The van der Waals surface area contributed by atoms with Crippen molar-refractivity contribution in [1.29, 1.82) is 0 Å². The molecular formula is C14H25N3O2. The molecular weight excluding hydrogens is 242 g/mol. The molecule has 0 amide bonds. The molecule has 5 heteroatoms. The van der Waals surface area contributed by atoms with Crippen LogP contribution in [-0.2, 0) is 11.3 Å². The fourth-order valence-corrected chi connectivity index (χ4v) is 2.22. The van der Waals surface area contributed by atoms with Crippen molar-refractivity contribution in [1.82, 2.24) is 15.1 Å². The number of hydrogen-bond acceptors (Lipinski definition) is 3. The van der Waals surface area contributed by atoms with E-state index in [1.165, 1.54) is 0 Å². The van der Waals surface area contributed by atoms with Crippen molar-refractivity contribution >= 4 is 5.97 Å². The van der Waals surface area contributed by atoms with Gasteiger partial charge in [-0.15, -0.1) is 0 Å². The molecule has 108 valence electrons. The van der Waals surface area contributed by atoms with Crippen LogP contribution in [0.4, 0.5) is 0 Å². The molecule has 1 rings (SSSR count). The number of aliphatic carboxylic acids is 1. The number of hydrogen-bond donors (Lipinski definition) is 2. The molecule has 0 aliphatic carbocycles. The second kappa shape index (κ2) is 7.28. The molecule has 0 saturated carbocycles. The number of nitrogens with one attached hydrogen (secondary N) is 1. The van der Waals surface area contributed by atoms with Crippen molar-refractivity contribution in [2.24, 2.45) is 0 Å². The first kappa shape index (κ1) is 15.7. The summed E-state index contributed by atoms with van der Waals surface area (Å²) in [6, 6.07) is 1.96. The molecule has 1 aromatic heterocycles. The highest BCUT2D eigenvalue weighted by atomic mass is 16.4. The van der Waals surface area contributed by atoms with Crippen LogP contribution >= 0.6 is 0 Å². The van der Waals surface area contributed by atoms with Gasteiger partial charge in [0, 0.05) is 12.7 Å². The number of rotatable bonds is 9. The third kappa shape index (κ3) is 4.35. The van der Waals surface area contributed by atoms with Gasteiger partial charge in [0.05, 0.1) is 5.69 Å². The summed E-state index contributed by atoms with van der Waals surface area (Å²) in [7, 11) is 0. The van der Waals surface area contributed by atoms with Crippen LogP contribution in [0.3, 0.4) is 0 Å². The van der Waals surface area contributed by atoms with Gasteiger partial charge in [0.25, 0.3) is 0 Å². The van der Waals surface area contributed by atoms with Crippen molar-refractivity contribution in [3.8, 4) is 0 Å². The molecule has 0 aliphatic rings. The summed E-state index contributed by atoms with van der Waals surface area (Å²) >= 11 is 0. The zero-order valence-corrected chi connectivity index (χ0v) is 12.1. The largest absolute Gasteiger partial charge is 0.480 e. The zero-order valence-electron chi connectivity index (χ0n) is 12.1.